The van der Waals surface area contributed by atoms with Crippen LogP contribution in [-0.2, 0) is 0 Å². The molecule has 0 bridgehead atoms. The van der Waals surface area contributed by atoms with Crippen LogP contribution in [0.3, 0.4) is 0 Å². The molecule has 2 atom stereocenters. The van der Waals surface area contributed by atoms with Crippen molar-refractivity contribution in [1.82, 2.24) is 15.0 Å². The van der Waals surface area contributed by atoms with E-state index in [9.17, 15) is 0 Å². The summed E-state index contributed by atoms with van der Waals surface area (Å²) in [6.07, 6.45) is 6.80. The molecular formula is C45H27N3O2S. The van der Waals surface area contributed by atoms with Crippen molar-refractivity contribution in [3.05, 3.63) is 163 Å². The molecule has 0 saturated carbocycles. The predicted molar refractivity (Wildman–Crippen MR) is 207 cm³/mol. The molecule has 1 aliphatic carbocycles. The summed E-state index contributed by atoms with van der Waals surface area (Å²) in [7, 11) is 0. The molecule has 11 rings (SSSR count). The fourth-order valence-electron chi connectivity index (χ4n) is 7.74. The number of fused-ring (bicyclic) bond motifs is 9. The Kier molecular flexibility index (Phi) is 6.24. The maximum absolute atomic E-state index is 6.48. The van der Waals surface area contributed by atoms with Gasteiger partial charge in [-0.05, 0) is 53.1 Å². The number of aromatic nitrogens is 3. The van der Waals surface area contributed by atoms with Crippen molar-refractivity contribution in [2.45, 2.75) is 16.1 Å². The van der Waals surface area contributed by atoms with E-state index in [1.807, 2.05) is 72.4 Å². The molecule has 4 heterocycles. The van der Waals surface area contributed by atoms with Gasteiger partial charge in [0.15, 0.2) is 17.5 Å². The fraction of sp³-hybridized carbons (Fsp3) is 0.0444. The second-order valence-corrected chi connectivity index (χ2v) is 14.3. The predicted octanol–water partition coefficient (Wildman–Crippen LogP) is 11.9. The molecule has 51 heavy (non-hydrogen) atoms. The van der Waals surface area contributed by atoms with Gasteiger partial charge >= 0.3 is 0 Å². The molecule has 6 heteroatoms. The monoisotopic (exact) mass is 673 g/mol. The maximum atomic E-state index is 6.48. The van der Waals surface area contributed by atoms with Crippen molar-refractivity contribution >= 4 is 61.2 Å². The molecule has 2 aliphatic rings. The number of benzene rings is 6. The average Bonchev–Trinajstić information content (AvgIpc) is 3.88. The topological polar surface area (TPSA) is 65.0 Å². The molecular weight excluding hydrogens is 647 g/mol. The Morgan fingerprint density at radius 3 is 2.08 bits per heavy atom. The van der Waals surface area contributed by atoms with Crippen LogP contribution in [0.2, 0.25) is 0 Å². The van der Waals surface area contributed by atoms with Gasteiger partial charge in [-0.1, -0.05) is 115 Å². The first kappa shape index (κ1) is 28.6. The summed E-state index contributed by atoms with van der Waals surface area (Å²) in [4.78, 5) is 16.7. The minimum atomic E-state index is 0.267. The molecule has 240 valence electrons. The Morgan fingerprint density at radius 2 is 1.20 bits per heavy atom. The van der Waals surface area contributed by atoms with E-state index in [0.717, 1.165) is 71.7 Å². The van der Waals surface area contributed by atoms with E-state index in [-0.39, 0.29) is 5.92 Å². The molecule has 0 spiro atoms. The quantitative estimate of drug-likeness (QED) is 0.185. The van der Waals surface area contributed by atoms with Gasteiger partial charge in [-0.15, -0.1) is 11.8 Å². The lowest BCUT2D eigenvalue weighted by Gasteiger charge is -2.19. The maximum Gasteiger partial charge on any atom is 0.164 e. The van der Waals surface area contributed by atoms with Gasteiger partial charge in [-0.3, -0.25) is 0 Å². The molecule has 9 aromatic rings. The Balaban J connectivity index is 1.11. The molecule has 1 aliphatic heterocycles. The van der Waals surface area contributed by atoms with Crippen LogP contribution in [0, 0.1) is 0 Å². The summed E-state index contributed by atoms with van der Waals surface area (Å²) in [6.45, 7) is 0. The SMILES string of the molecule is C1=CC2Sc3ccccc3C2C=C1c1nc(-c2ccccc2)nc(-c2cccc3oc4ccc(-c5cccc6oc7ccccc7c56)cc4c23)n1. The Bertz CT molecular complexity index is 2920. The van der Waals surface area contributed by atoms with Crippen molar-refractivity contribution in [1.29, 1.82) is 0 Å². The van der Waals surface area contributed by atoms with Crippen LogP contribution in [-0.4, -0.2) is 20.2 Å². The van der Waals surface area contributed by atoms with E-state index in [4.69, 9.17) is 23.8 Å². The van der Waals surface area contributed by atoms with E-state index in [2.05, 4.69) is 91.0 Å². The van der Waals surface area contributed by atoms with Crippen LogP contribution in [0.15, 0.2) is 165 Å². The molecule has 0 N–H and O–H groups in total. The average molecular weight is 674 g/mol. The lowest BCUT2D eigenvalue weighted by atomic mass is 9.89. The van der Waals surface area contributed by atoms with Gasteiger partial charge in [0.2, 0.25) is 0 Å². The van der Waals surface area contributed by atoms with Crippen molar-refractivity contribution in [2.75, 3.05) is 0 Å². The fourth-order valence-corrected chi connectivity index (χ4v) is 9.06. The number of hydrogen-bond donors (Lipinski definition) is 0. The summed E-state index contributed by atoms with van der Waals surface area (Å²) in [5.41, 5.74) is 9.74. The van der Waals surface area contributed by atoms with Crippen molar-refractivity contribution in [3.63, 3.8) is 0 Å². The van der Waals surface area contributed by atoms with Gasteiger partial charge in [0.05, 0.1) is 0 Å². The van der Waals surface area contributed by atoms with Gasteiger partial charge in [-0.2, -0.15) is 0 Å². The van der Waals surface area contributed by atoms with Gasteiger partial charge in [-0.25, -0.2) is 15.0 Å². The summed E-state index contributed by atoms with van der Waals surface area (Å²) in [5, 5.41) is 4.56. The standard InChI is InChI=1S/C45H27N3O2S/c1-2-10-26(11-3-1)43-46-44(28-21-23-40-33(25-28)30-12-5-7-19-39(30)51-40)48-45(47-43)32-15-9-18-38-42(32)34-24-27(20-22-36(34)50-38)29-14-8-17-37-41(29)31-13-4-6-16-35(31)49-37/h1-25,33,40H. The number of furan rings is 2. The molecule has 0 fully saturated rings. The van der Waals surface area contributed by atoms with Gasteiger partial charge in [0.25, 0.3) is 0 Å². The zero-order chi connectivity index (χ0) is 33.5. The second kappa shape index (κ2) is 11.1. The van der Waals surface area contributed by atoms with Crippen molar-refractivity contribution in [3.8, 4) is 33.9 Å². The van der Waals surface area contributed by atoms with Crippen LogP contribution in [0.5, 0.6) is 0 Å². The number of hydrogen-bond acceptors (Lipinski definition) is 6. The lowest BCUT2D eigenvalue weighted by Crippen LogP contribution is -2.11. The van der Waals surface area contributed by atoms with Crippen molar-refractivity contribution < 1.29 is 8.83 Å². The third-order valence-corrected chi connectivity index (χ3v) is 11.4. The third kappa shape index (κ3) is 4.53. The summed E-state index contributed by atoms with van der Waals surface area (Å²) in [6, 6.07) is 45.9. The van der Waals surface area contributed by atoms with E-state index >= 15 is 0 Å². The van der Waals surface area contributed by atoms with Crippen LogP contribution < -0.4 is 0 Å². The van der Waals surface area contributed by atoms with Gasteiger partial charge in [0.1, 0.15) is 22.3 Å². The normalized spacial score (nSPS) is 16.6. The highest BCUT2D eigenvalue weighted by Crippen LogP contribution is 2.49. The van der Waals surface area contributed by atoms with Gasteiger partial charge < -0.3 is 8.83 Å². The number of para-hydroxylation sites is 1. The highest BCUT2D eigenvalue weighted by molar-refractivity contribution is 8.00. The summed E-state index contributed by atoms with van der Waals surface area (Å²) >= 11 is 1.92. The lowest BCUT2D eigenvalue weighted by molar-refractivity contribution is 0.669. The second-order valence-electron chi connectivity index (χ2n) is 13.1. The van der Waals surface area contributed by atoms with Crippen molar-refractivity contribution in [2.24, 2.45) is 0 Å². The molecule has 6 aromatic carbocycles. The number of allylic oxidation sites excluding steroid dienone is 3. The van der Waals surface area contributed by atoms with E-state index < -0.39 is 0 Å². The molecule has 0 saturated heterocycles. The molecule has 5 nitrogen and oxygen atoms in total. The summed E-state index contributed by atoms with van der Waals surface area (Å²) < 4.78 is 12.7. The Hall–Kier alpha value is -6.24. The largest absolute Gasteiger partial charge is 0.456 e. The van der Waals surface area contributed by atoms with Crippen LogP contribution in [0.25, 0.3) is 83.4 Å². The minimum Gasteiger partial charge on any atom is -0.456 e. The molecule has 2 unspecified atom stereocenters. The molecule has 0 amide bonds. The number of rotatable bonds is 4. The molecule has 0 radical (unpaired) electrons. The summed E-state index contributed by atoms with van der Waals surface area (Å²) in [5.74, 6) is 2.17. The zero-order valence-electron chi connectivity index (χ0n) is 27.2. The zero-order valence-corrected chi connectivity index (χ0v) is 28.0. The van der Waals surface area contributed by atoms with Crippen LogP contribution >= 0.6 is 11.8 Å². The number of thioether (sulfide) groups is 1. The van der Waals surface area contributed by atoms with E-state index in [1.165, 1.54) is 10.5 Å². The first-order valence-corrected chi connectivity index (χ1v) is 18.0. The van der Waals surface area contributed by atoms with E-state index in [0.29, 0.717) is 22.7 Å². The first-order chi connectivity index (χ1) is 25.2. The Labute approximate surface area is 297 Å². The minimum absolute atomic E-state index is 0.267. The highest BCUT2D eigenvalue weighted by Gasteiger charge is 2.33. The third-order valence-electron chi connectivity index (χ3n) is 10.1. The van der Waals surface area contributed by atoms with Crippen LogP contribution in [0.4, 0.5) is 0 Å². The molecule has 3 aromatic heterocycles. The Morgan fingerprint density at radius 1 is 0.510 bits per heavy atom. The van der Waals surface area contributed by atoms with Crippen LogP contribution in [0.1, 0.15) is 17.3 Å². The number of nitrogens with zero attached hydrogens (tertiary/aromatic N) is 3. The smallest absolute Gasteiger partial charge is 0.164 e. The highest BCUT2D eigenvalue weighted by atomic mass is 32.2. The first-order valence-electron chi connectivity index (χ1n) is 17.1. The van der Waals surface area contributed by atoms with E-state index in [1.54, 1.807) is 0 Å². The van der Waals surface area contributed by atoms with Gasteiger partial charge in [0, 0.05) is 54.3 Å².